The van der Waals surface area contributed by atoms with E-state index in [-0.39, 0.29) is 11.9 Å². The molecular weight excluding hydrogens is 192 g/mol. The van der Waals surface area contributed by atoms with Gasteiger partial charge in [0, 0.05) is 13.1 Å². The summed E-state index contributed by atoms with van der Waals surface area (Å²) in [5, 5.41) is 3.18. The van der Waals surface area contributed by atoms with Crippen LogP contribution in [-0.2, 0) is 4.79 Å². The fourth-order valence-electron chi connectivity index (χ4n) is 1.84. The maximum absolute atomic E-state index is 12.0. The van der Waals surface area contributed by atoms with Crippen molar-refractivity contribution in [3.63, 3.8) is 0 Å². The van der Waals surface area contributed by atoms with Gasteiger partial charge in [0.25, 0.3) is 0 Å². The first-order valence-electron chi connectivity index (χ1n) is 5.26. The predicted molar refractivity (Wildman–Crippen MR) is 57.9 cm³/mol. The molecule has 15 heavy (non-hydrogen) atoms. The zero-order valence-electron chi connectivity index (χ0n) is 9.12. The maximum atomic E-state index is 12.0. The van der Waals surface area contributed by atoms with Gasteiger partial charge < -0.3 is 9.73 Å². The Morgan fingerprint density at radius 2 is 2.40 bits per heavy atom. The van der Waals surface area contributed by atoms with Gasteiger partial charge in [0.15, 0.2) is 0 Å². The summed E-state index contributed by atoms with van der Waals surface area (Å²) in [6.45, 7) is 2.80. The van der Waals surface area contributed by atoms with Crippen LogP contribution in [0.2, 0.25) is 0 Å². The van der Waals surface area contributed by atoms with Crippen LogP contribution in [0.1, 0.15) is 18.6 Å². The molecule has 0 aliphatic carbocycles. The number of likely N-dealkylation sites (N-methyl/N-ethyl adjacent to an activating group) is 1. The van der Waals surface area contributed by atoms with Crippen LogP contribution in [-0.4, -0.2) is 25.5 Å². The van der Waals surface area contributed by atoms with E-state index in [0.29, 0.717) is 5.88 Å². The normalized spacial score (nSPS) is 20.5. The number of aryl methyl sites for hydroxylation is 1. The first-order valence-corrected chi connectivity index (χ1v) is 5.26. The van der Waals surface area contributed by atoms with Crippen molar-refractivity contribution < 1.29 is 9.21 Å². The summed E-state index contributed by atoms with van der Waals surface area (Å²) in [6.07, 6.45) is 1.99. The van der Waals surface area contributed by atoms with E-state index in [9.17, 15) is 4.79 Å². The summed E-state index contributed by atoms with van der Waals surface area (Å²) < 4.78 is 5.40. The molecule has 1 aliphatic heterocycles. The molecule has 2 heterocycles. The third-order valence-electron chi connectivity index (χ3n) is 2.75. The number of hydrogen-bond donors (Lipinski definition) is 1. The lowest BCUT2D eigenvalue weighted by Crippen LogP contribution is -2.41. The third kappa shape index (κ3) is 2.04. The molecule has 0 spiro atoms. The highest BCUT2D eigenvalue weighted by atomic mass is 16.4. The molecule has 1 unspecified atom stereocenters. The Morgan fingerprint density at radius 3 is 2.93 bits per heavy atom. The van der Waals surface area contributed by atoms with Crippen molar-refractivity contribution >= 4 is 11.8 Å². The highest BCUT2D eigenvalue weighted by Crippen LogP contribution is 2.18. The Morgan fingerprint density at radius 1 is 1.60 bits per heavy atom. The van der Waals surface area contributed by atoms with Crippen molar-refractivity contribution in [3.05, 3.63) is 17.9 Å². The van der Waals surface area contributed by atoms with Gasteiger partial charge in [0.2, 0.25) is 11.8 Å². The minimum absolute atomic E-state index is 0.0413. The third-order valence-corrected chi connectivity index (χ3v) is 2.75. The summed E-state index contributed by atoms with van der Waals surface area (Å²) in [6, 6.07) is 3.64. The molecule has 0 aromatic carbocycles. The highest BCUT2D eigenvalue weighted by molar-refractivity contribution is 5.95. The van der Waals surface area contributed by atoms with E-state index in [1.165, 1.54) is 0 Å². The van der Waals surface area contributed by atoms with E-state index in [0.717, 1.165) is 25.1 Å². The van der Waals surface area contributed by atoms with Crippen molar-refractivity contribution in [1.82, 2.24) is 5.32 Å². The molecule has 2 rings (SSSR count). The van der Waals surface area contributed by atoms with Crippen LogP contribution < -0.4 is 10.2 Å². The molecule has 4 heteroatoms. The van der Waals surface area contributed by atoms with Gasteiger partial charge in [-0.15, -0.1) is 0 Å². The number of nitrogens with zero attached hydrogens (tertiary/aromatic N) is 1. The van der Waals surface area contributed by atoms with Crippen molar-refractivity contribution in [1.29, 1.82) is 0 Å². The number of rotatable bonds is 2. The Hall–Kier alpha value is -1.29. The second-order valence-electron chi connectivity index (χ2n) is 3.93. The number of hydrogen-bond acceptors (Lipinski definition) is 3. The predicted octanol–water partition coefficient (Wildman–Crippen LogP) is 1.30. The van der Waals surface area contributed by atoms with Crippen LogP contribution in [0, 0.1) is 6.92 Å². The van der Waals surface area contributed by atoms with E-state index in [2.05, 4.69) is 5.32 Å². The smallest absolute Gasteiger partial charge is 0.246 e. The van der Waals surface area contributed by atoms with Gasteiger partial charge >= 0.3 is 0 Å². The van der Waals surface area contributed by atoms with Crippen LogP contribution in [0.5, 0.6) is 0 Å². The summed E-state index contributed by atoms with van der Waals surface area (Å²) in [5.41, 5.74) is 0. The molecule has 4 nitrogen and oxygen atoms in total. The van der Waals surface area contributed by atoms with Crippen LogP contribution in [0.3, 0.4) is 0 Å². The fourth-order valence-corrected chi connectivity index (χ4v) is 1.84. The maximum Gasteiger partial charge on any atom is 0.246 e. The molecule has 1 fully saturated rings. The lowest BCUT2D eigenvalue weighted by Gasteiger charge is -2.18. The first-order chi connectivity index (χ1) is 7.18. The molecule has 0 saturated carbocycles. The average molecular weight is 208 g/mol. The minimum Gasteiger partial charge on any atom is -0.445 e. The van der Waals surface area contributed by atoms with E-state index < -0.39 is 0 Å². The quantitative estimate of drug-likeness (QED) is 0.797. The number of carbonyl (C=O) groups is 1. The van der Waals surface area contributed by atoms with E-state index in [1.54, 1.807) is 11.9 Å². The molecule has 1 aliphatic rings. The molecule has 1 aromatic rings. The molecule has 0 bridgehead atoms. The molecular formula is C11H16N2O2. The highest BCUT2D eigenvalue weighted by Gasteiger charge is 2.26. The van der Waals surface area contributed by atoms with Crippen LogP contribution >= 0.6 is 0 Å². The summed E-state index contributed by atoms with van der Waals surface area (Å²) in [5.74, 6) is 1.53. The van der Waals surface area contributed by atoms with E-state index >= 15 is 0 Å². The molecule has 1 atom stereocenters. The number of amides is 1. The van der Waals surface area contributed by atoms with Gasteiger partial charge in [-0.25, -0.2) is 0 Å². The largest absolute Gasteiger partial charge is 0.445 e. The molecule has 1 N–H and O–H groups in total. The number of nitrogens with one attached hydrogen (secondary N) is 1. The number of furan rings is 1. The minimum atomic E-state index is -0.0413. The molecule has 1 saturated heterocycles. The topological polar surface area (TPSA) is 45.5 Å². The van der Waals surface area contributed by atoms with Crippen molar-refractivity contribution in [2.75, 3.05) is 18.5 Å². The lowest BCUT2D eigenvalue weighted by atomic mass is 10.2. The second kappa shape index (κ2) is 4.06. The van der Waals surface area contributed by atoms with Crippen LogP contribution in [0.25, 0.3) is 0 Å². The average Bonchev–Trinajstić information content (AvgIpc) is 2.85. The van der Waals surface area contributed by atoms with Crippen molar-refractivity contribution in [2.45, 2.75) is 25.8 Å². The lowest BCUT2D eigenvalue weighted by molar-refractivity contribution is -0.120. The Kier molecular flexibility index (Phi) is 2.77. The van der Waals surface area contributed by atoms with Crippen molar-refractivity contribution in [3.8, 4) is 0 Å². The second-order valence-corrected chi connectivity index (χ2v) is 3.93. The van der Waals surface area contributed by atoms with Gasteiger partial charge in [0.1, 0.15) is 5.76 Å². The van der Waals surface area contributed by atoms with Gasteiger partial charge in [-0.05, 0) is 32.4 Å². The standard InChI is InChI=1S/C11H16N2O2/c1-8-5-6-10(15-8)13(2)11(14)9-4-3-7-12-9/h5-6,9,12H,3-4,7H2,1-2H3. The van der Waals surface area contributed by atoms with Crippen LogP contribution in [0.4, 0.5) is 5.88 Å². The molecule has 1 amide bonds. The Balaban J connectivity index is 2.06. The SMILES string of the molecule is Cc1ccc(N(C)C(=O)C2CCCN2)o1. The Bertz CT molecular complexity index is 353. The number of carbonyl (C=O) groups excluding carboxylic acids is 1. The Labute approximate surface area is 89.2 Å². The zero-order chi connectivity index (χ0) is 10.8. The fraction of sp³-hybridized carbons (Fsp3) is 0.545. The van der Waals surface area contributed by atoms with Gasteiger partial charge in [-0.1, -0.05) is 0 Å². The van der Waals surface area contributed by atoms with E-state index in [4.69, 9.17) is 4.42 Å². The van der Waals surface area contributed by atoms with Crippen molar-refractivity contribution in [2.24, 2.45) is 0 Å². The number of anilines is 1. The summed E-state index contributed by atoms with van der Waals surface area (Å²) in [7, 11) is 1.75. The summed E-state index contributed by atoms with van der Waals surface area (Å²) >= 11 is 0. The van der Waals surface area contributed by atoms with Gasteiger partial charge in [0.05, 0.1) is 6.04 Å². The van der Waals surface area contributed by atoms with Gasteiger partial charge in [-0.2, -0.15) is 0 Å². The van der Waals surface area contributed by atoms with Crippen LogP contribution in [0.15, 0.2) is 16.5 Å². The van der Waals surface area contributed by atoms with E-state index in [1.807, 2.05) is 19.1 Å². The monoisotopic (exact) mass is 208 g/mol. The zero-order valence-corrected chi connectivity index (χ0v) is 9.12. The van der Waals surface area contributed by atoms with Gasteiger partial charge in [-0.3, -0.25) is 9.69 Å². The molecule has 82 valence electrons. The molecule has 1 aromatic heterocycles. The summed E-state index contributed by atoms with van der Waals surface area (Å²) in [4.78, 5) is 13.5. The molecule has 0 radical (unpaired) electrons. The first kappa shape index (κ1) is 10.2.